The Kier molecular flexibility index (Phi) is 4.06. The third-order valence-electron chi connectivity index (χ3n) is 2.95. The molecule has 0 spiro atoms. The summed E-state index contributed by atoms with van der Waals surface area (Å²) in [5, 5.41) is 2.87. The molecule has 0 unspecified atom stereocenters. The van der Waals surface area contributed by atoms with Crippen LogP contribution in [0.25, 0.3) is 0 Å². The van der Waals surface area contributed by atoms with Gasteiger partial charge >= 0.3 is 0 Å². The summed E-state index contributed by atoms with van der Waals surface area (Å²) in [6, 6.07) is 2.34. The fourth-order valence-electron chi connectivity index (χ4n) is 2.04. The average Bonchev–Trinajstić information content (AvgIpc) is 2.65. The lowest BCUT2D eigenvalue weighted by molar-refractivity contribution is 0.527. The van der Waals surface area contributed by atoms with E-state index in [0.717, 1.165) is 18.3 Å². The highest BCUT2D eigenvalue weighted by Gasteiger charge is 2.12. The van der Waals surface area contributed by atoms with E-state index in [1.165, 1.54) is 13.0 Å². The molecule has 0 radical (unpaired) electrons. The Morgan fingerprint density at radius 2 is 1.90 bits per heavy atom. The number of aryl methyl sites for hydroxylation is 2. The van der Waals surface area contributed by atoms with E-state index >= 15 is 0 Å². The maximum absolute atomic E-state index is 13.9. The van der Waals surface area contributed by atoms with Crippen molar-refractivity contribution in [3.63, 3.8) is 0 Å². The molecular weight excluding hydrogens is 260 g/mol. The quantitative estimate of drug-likeness (QED) is 0.910. The van der Waals surface area contributed by atoms with Crippen molar-refractivity contribution in [1.82, 2.24) is 9.55 Å². The molecule has 1 aromatic carbocycles. The van der Waals surface area contributed by atoms with Crippen LogP contribution in [-0.4, -0.2) is 9.55 Å². The van der Waals surface area contributed by atoms with Gasteiger partial charge in [0, 0.05) is 18.8 Å². The second-order valence-corrected chi connectivity index (χ2v) is 5.46. The minimum Gasteiger partial charge on any atom is -0.323 e. The minimum absolute atomic E-state index is 0.101. The number of benzene rings is 1. The first-order valence-corrected chi connectivity index (χ1v) is 6.63. The van der Waals surface area contributed by atoms with Crippen molar-refractivity contribution in [1.29, 1.82) is 0 Å². The zero-order valence-electron chi connectivity index (χ0n) is 12.2. The van der Waals surface area contributed by atoms with Crippen molar-refractivity contribution in [2.75, 3.05) is 5.32 Å². The van der Waals surface area contributed by atoms with Crippen LogP contribution in [0.3, 0.4) is 0 Å². The Bertz CT molecular complexity index is 618. The third kappa shape index (κ3) is 3.15. The van der Waals surface area contributed by atoms with Crippen LogP contribution in [0.2, 0.25) is 0 Å². The monoisotopic (exact) mass is 279 g/mol. The number of nitrogens with zero attached hydrogens (tertiary/aromatic N) is 2. The number of aromatic nitrogens is 2. The number of rotatable bonds is 4. The smallest absolute Gasteiger partial charge is 0.207 e. The Morgan fingerprint density at radius 1 is 1.20 bits per heavy atom. The largest absolute Gasteiger partial charge is 0.323 e. The van der Waals surface area contributed by atoms with Gasteiger partial charge in [0.25, 0.3) is 0 Å². The SMILES string of the molecule is Cc1cn(CC(C)C)c(Nc2cc(F)c(C)cc2F)n1. The maximum Gasteiger partial charge on any atom is 0.207 e. The van der Waals surface area contributed by atoms with Crippen molar-refractivity contribution < 1.29 is 8.78 Å². The zero-order valence-corrected chi connectivity index (χ0v) is 12.2. The molecule has 3 nitrogen and oxygen atoms in total. The summed E-state index contributed by atoms with van der Waals surface area (Å²) < 4.78 is 29.3. The second-order valence-electron chi connectivity index (χ2n) is 5.46. The van der Waals surface area contributed by atoms with E-state index in [9.17, 15) is 8.78 Å². The van der Waals surface area contributed by atoms with E-state index in [1.807, 2.05) is 17.7 Å². The highest BCUT2D eigenvalue weighted by molar-refractivity contribution is 5.55. The lowest BCUT2D eigenvalue weighted by atomic mass is 10.2. The molecule has 2 aromatic rings. The first kappa shape index (κ1) is 14.5. The van der Waals surface area contributed by atoms with Crippen molar-refractivity contribution in [3.8, 4) is 0 Å². The van der Waals surface area contributed by atoms with Gasteiger partial charge in [-0.05, 0) is 31.4 Å². The van der Waals surface area contributed by atoms with E-state index < -0.39 is 11.6 Å². The number of imidazole rings is 1. The molecule has 1 N–H and O–H groups in total. The first-order valence-electron chi connectivity index (χ1n) is 6.63. The van der Waals surface area contributed by atoms with Crippen LogP contribution in [0.15, 0.2) is 18.3 Å². The summed E-state index contributed by atoms with van der Waals surface area (Å²) in [7, 11) is 0. The van der Waals surface area contributed by atoms with Crippen molar-refractivity contribution in [2.45, 2.75) is 34.2 Å². The molecule has 0 bridgehead atoms. The van der Waals surface area contributed by atoms with Gasteiger partial charge < -0.3 is 9.88 Å². The number of hydrogen-bond donors (Lipinski definition) is 1. The van der Waals surface area contributed by atoms with Crippen LogP contribution in [-0.2, 0) is 6.54 Å². The molecule has 0 aliphatic carbocycles. The van der Waals surface area contributed by atoms with Gasteiger partial charge in [-0.1, -0.05) is 13.8 Å². The molecule has 0 saturated carbocycles. The summed E-state index contributed by atoms with van der Waals surface area (Å²) in [4.78, 5) is 4.31. The number of hydrogen-bond acceptors (Lipinski definition) is 2. The summed E-state index contributed by atoms with van der Waals surface area (Å²) in [5.74, 6) is 0.0374. The average molecular weight is 279 g/mol. The highest BCUT2D eigenvalue weighted by Crippen LogP contribution is 2.23. The maximum atomic E-state index is 13.9. The van der Waals surface area contributed by atoms with Crippen LogP contribution in [0.5, 0.6) is 0 Å². The molecule has 0 aliphatic heterocycles. The molecule has 1 aromatic heterocycles. The Balaban J connectivity index is 2.32. The first-order chi connectivity index (χ1) is 9.36. The van der Waals surface area contributed by atoms with Crippen LogP contribution in [0.4, 0.5) is 20.4 Å². The van der Waals surface area contributed by atoms with Crippen LogP contribution in [0, 0.1) is 31.4 Å². The normalized spacial score (nSPS) is 11.2. The van der Waals surface area contributed by atoms with Crippen LogP contribution in [0.1, 0.15) is 25.1 Å². The van der Waals surface area contributed by atoms with Gasteiger partial charge in [0.1, 0.15) is 11.6 Å². The van der Waals surface area contributed by atoms with Crippen LogP contribution < -0.4 is 5.32 Å². The van der Waals surface area contributed by atoms with Crippen molar-refractivity contribution >= 4 is 11.6 Å². The predicted molar refractivity (Wildman–Crippen MR) is 76.2 cm³/mol. The van der Waals surface area contributed by atoms with Gasteiger partial charge in [0.05, 0.1) is 11.4 Å². The molecule has 5 heteroatoms. The van der Waals surface area contributed by atoms with E-state index in [0.29, 0.717) is 11.9 Å². The molecule has 108 valence electrons. The van der Waals surface area contributed by atoms with Gasteiger partial charge in [-0.3, -0.25) is 0 Å². The lowest BCUT2D eigenvalue weighted by Crippen LogP contribution is -2.08. The molecule has 0 fully saturated rings. The van der Waals surface area contributed by atoms with Crippen molar-refractivity contribution in [3.05, 3.63) is 41.2 Å². The van der Waals surface area contributed by atoms with Gasteiger partial charge in [-0.25, -0.2) is 13.8 Å². The predicted octanol–water partition coefficient (Wildman–Crippen LogP) is 4.18. The Labute approximate surface area is 117 Å². The van der Waals surface area contributed by atoms with E-state index in [1.54, 1.807) is 0 Å². The second kappa shape index (κ2) is 5.61. The zero-order chi connectivity index (χ0) is 14.9. The molecule has 0 amide bonds. The lowest BCUT2D eigenvalue weighted by Gasteiger charge is -2.12. The standard InChI is InChI=1S/C15H19F2N3/c1-9(2)7-20-8-11(4)18-15(20)19-14-6-12(16)10(3)5-13(14)17/h5-6,8-9H,7H2,1-4H3,(H,18,19). The molecule has 0 atom stereocenters. The molecule has 1 heterocycles. The van der Waals surface area contributed by atoms with Gasteiger partial charge in [0.15, 0.2) is 0 Å². The minimum atomic E-state index is -0.486. The van der Waals surface area contributed by atoms with Gasteiger partial charge in [-0.2, -0.15) is 0 Å². The van der Waals surface area contributed by atoms with Gasteiger partial charge in [0.2, 0.25) is 5.95 Å². The highest BCUT2D eigenvalue weighted by atomic mass is 19.1. The summed E-state index contributed by atoms with van der Waals surface area (Å²) in [6.45, 7) is 8.34. The summed E-state index contributed by atoms with van der Waals surface area (Å²) in [6.07, 6.45) is 1.89. The molecule has 0 saturated heterocycles. The van der Waals surface area contributed by atoms with E-state index in [-0.39, 0.29) is 11.3 Å². The van der Waals surface area contributed by atoms with Crippen LogP contribution >= 0.6 is 0 Å². The van der Waals surface area contributed by atoms with Crippen molar-refractivity contribution in [2.24, 2.45) is 5.92 Å². The Morgan fingerprint density at radius 3 is 2.55 bits per heavy atom. The van der Waals surface area contributed by atoms with Gasteiger partial charge in [-0.15, -0.1) is 0 Å². The fourth-order valence-corrected chi connectivity index (χ4v) is 2.04. The Hall–Kier alpha value is -1.91. The van der Waals surface area contributed by atoms with E-state index in [2.05, 4.69) is 24.1 Å². The molecular formula is C15H19F2N3. The number of halogens is 2. The number of anilines is 2. The number of nitrogens with one attached hydrogen (secondary N) is 1. The molecule has 0 aliphatic rings. The topological polar surface area (TPSA) is 29.9 Å². The molecule has 2 rings (SSSR count). The summed E-state index contributed by atoms with van der Waals surface area (Å²) in [5.41, 5.74) is 1.22. The summed E-state index contributed by atoms with van der Waals surface area (Å²) >= 11 is 0. The molecule has 20 heavy (non-hydrogen) atoms. The third-order valence-corrected chi connectivity index (χ3v) is 2.95. The van der Waals surface area contributed by atoms with E-state index in [4.69, 9.17) is 0 Å². The fraction of sp³-hybridized carbons (Fsp3) is 0.400.